The number of primary amides is 1. The van der Waals surface area contributed by atoms with Crippen LogP contribution in [0.15, 0.2) is 12.7 Å². The summed E-state index contributed by atoms with van der Waals surface area (Å²) in [6.07, 6.45) is 1.59. The van der Waals surface area contributed by atoms with E-state index < -0.39 is 23.8 Å². The smallest absolute Gasteiger partial charge is 0.326 e. The SMILES string of the molecule is C=CC[C@@H](C(=O)O)N1CC(C(N)=O)CC1=O. The predicted molar refractivity (Wildman–Crippen MR) is 55.3 cm³/mol. The molecule has 1 unspecified atom stereocenters. The molecule has 6 heteroatoms. The monoisotopic (exact) mass is 226 g/mol. The highest BCUT2D eigenvalue weighted by atomic mass is 16.4. The van der Waals surface area contributed by atoms with Gasteiger partial charge in [-0.1, -0.05) is 6.08 Å². The molecule has 6 nitrogen and oxygen atoms in total. The van der Waals surface area contributed by atoms with Gasteiger partial charge in [0.05, 0.1) is 5.92 Å². The lowest BCUT2D eigenvalue weighted by Gasteiger charge is -2.23. The first-order valence-corrected chi connectivity index (χ1v) is 4.89. The zero-order valence-corrected chi connectivity index (χ0v) is 8.76. The Hall–Kier alpha value is -1.85. The van der Waals surface area contributed by atoms with Crippen molar-refractivity contribution in [2.75, 3.05) is 6.54 Å². The van der Waals surface area contributed by atoms with Crippen molar-refractivity contribution in [1.82, 2.24) is 4.90 Å². The van der Waals surface area contributed by atoms with Crippen LogP contribution in [0.1, 0.15) is 12.8 Å². The summed E-state index contributed by atoms with van der Waals surface area (Å²) >= 11 is 0. The predicted octanol–water partition coefficient (Wildman–Crippen LogP) is -0.650. The van der Waals surface area contributed by atoms with Crippen molar-refractivity contribution in [2.24, 2.45) is 11.7 Å². The second-order valence-electron chi connectivity index (χ2n) is 3.73. The molecule has 0 saturated carbocycles. The van der Waals surface area contributed by atoms with Crippen molar-refractivity contribution in [3.63, 3.8) is 0 Å². The van der Waals surface area contributed by atoms with Gasteiger partial charge in [-0.05, 0) is 6.42 Å². The van der Waals surface area contributed by atoms with E-state index in [1.165, 1.54) is 11.0 Å². The summed E-state index contributed by atoms with van der Waals surface area (Å²) < 4.78 is 0. The average Bonchev–Trinajstić information content (AvgIpc) is 2.56. The lowest BCUT2D eigenvalue weighted by molar-refractivity contribution is -0.148. The lowest BCUT2D eigenvalue weighted by Crippen LogP contribution is -2.42. The zero-order valence-electron chi connectivity index (χ0n) is 8.76. The number of carboxylic acid groups (broad SMARTS) is 1. The number of carbonyl (C=O) groups is 3. The van der Waals surface area contributed by atoms with Crippen LogP contribution >= 0.6 is 0 Å². The van der Waals surface area contributed by atoms with E-state index in [1.54, 1.807) is 0 Å². The van der Waals surface area contributed by atoms with Gasteiger partial charge in [-0.3, -0.25) is 9.59 Å². The molecule has 0 bridgehead atoms. The quantitative estimate of drug-likeness (QED) is 0.608. The van der Waals surface area contributed by atoms with Crippen LogP contribution in [-0.4, -0.2) is 40.4 Å². The van der Waals surface area contributed by atoms with Gasteiger partial charge in [-0.15, -0.1) is 6.58 Å². The molecule has 16 heavy (non-hydrogen) atoms. The molecule has 1 aliphatic heterocycles. The lowest BCUT2D eigenvalue weighted by atomic mass is 10.1. The fourth-order valence-electron chi connectivity index (χ4n) is 1.74. The minimum Gasteiger partial charge on any atom is -0.480 e. The first kappa shape index (κ1) is 12.2. The molecule has 2 atom stereocenters. The molecule has 0 aliphatic carbocycles. The summed E-state index contributed by atoms with van der Waals surface area (Å²) in [7, 11) is 0. The van der Waals surface area contributed by atoms with Crippen LogP contribution in [0.3, 0.4) is 0 Å². The van der Waals surface area contributed by atoms with E-state index in [0.29, 0.717) is 0 Å². The molecule has 1 rings (SSSR count). The van der Waals surface area contributed by atoms with E-state index in [1.807, 2.05) is 0 Å². The van der Waals surface area contributed by atoms with E-state index in [4.69, 9.17) is 10.8 Å². The number of carbonyl (C=O) groups excluding carboxylic acids is 2. The number of hydrogen-bond donors (Lipinski definition) is 2. The van der Waals surface area contributed by atoms with Crippen LogP contribution in [0.4, 0.5) is 0 Å². The van der Waals surface area contributed by atoms with E-state index in [0.717, 1.165) is 0 Å². The third-order valence-electron chi connectivity index (χ3n) is 2.61. The minimum atomic E-state index is -1.10. The number of nitrogens with zero attached hydrogens (tertiary/aromatic N) is 1. The van der Waals surface area contributed by atoms with Gasteiger partial charge in [0.1, 0.15) is 6.04 Å². The number of rotatable bonds is 5. The van der Waals surface area contributed by atoms with Gasteiger partial charge in [0.2, 0.25) is 11.8 Å². The third kappa shape index (κ3) is 2.39. The maximum absolute atomic E-state index is 11.5. The molecular formula is C10H14N2O4. The second kappa shape index (κ2) is 4.78. The van der Waals surface area contributed by atoms with Gasteiger partial charge >= 0.3 is 5.97 Å². The number of carboxylic acids is 1. The highest BCUT2D eigenvalue weighted by Gasteiger charge is 2.39. The van der Waals surface area contributed by atoms with Crippen LogP contribution in [0.5, 0.6) is 0 Å². The van der Waals surface area contributed by atoms with Crippen LogP contribution in [0.25, 0.3) is 0 Å². The third-order valence-corrected chi connectivity index (χ3v) is 2.61. The maximum atomic E-state index is 11.5. The fourth-order valence-corrected chi connectivity index (χ4v) is 1.74. The van der Waals surface area contributed by atoms with E-state index in [-0.39, 0.29) is 25.3 Å². The Labute approximate surface area is 92.7 Å². The largest absolute Gasteiger partial charge is 0.480 e. The number of amides is 2. The van der Waals surface area contributed by atoms with E-state index in [9.17, 15) is 14.4 Å². The Morgan fingerprint density at radius 1 is 1.69 bits per heavy atom. The summed E-state index contributed by atoms with van der Waals surface area (Å²) in [6, 6.07) is -0.950. The van der Waals surface area contributed by atoms with Crippen LogP contribution in [-0.2, 0) is 14.4 Å². The van der Waals surface area contributed by atoms with E-state index in [2.05, 4.69) is 6.58 Å². The van der Waals surface area contributed by atoms with Gasteiger partial charge in [-0.2, -0.15) is 0 Å². The molecule has 0 aromatic heterocycles. The molecule has 0 radical (unpaired) electrons. The summed E-state index contributed by atoms with van der Waals surface area (Å²) in [5.74, 6) is -2.60. The summed E-state index contributed by atoms with van der Waals surface area (Å²) in [5, 5.41) is 8.95. The molecule has 1 heterocycles. The number of aliphatic carboxylic acids is 1. The van der Waals surface area contributed by atoms with Gasteiger partial charge in [0.25, 0.3) is 0 Å². The molecule has 3 N–H and O–H groups in total. The van der Waals surface area contributed by atoms with Crippen molar-refractivity contribution in [1.29, 1.82) is 0 Å². The normalized spacial score (nSPS) is 21.9. The zero-order chi connectivity index (χ0) is 12.3. The first-order valence-electron chi connectivity index (χ1n) is 4.89. The molecular weight excluding hydrogens is 212 g/mol. The van der Waals surface area contributed by atoms with Crippen molar-refractivity contribution in [3.05, 3.63) is 12.7 Å². The second-order valence-corrected chi connectivity index (χ2v) is 3.73. The Kier molecular flexibility index (Phi) is 3.65. The molecule has 0 aromatic rings. The molecule has 0 aromatic carbocycles. The Bertz CT molecular complexity index is 340. The molecule has 88 valence electrons. The maximum Gasteiger partial charge on any atom is 0.326 e. The molecule has 1 saturated heterocycles. The first-order chi connectivity index (χ1) is 7.47. The summed E-state index contributed by atoms with van der Waals surface area (Å²) in [5.41, 5.74) is 5.09. The average molecular weight is 226 g/mol. The topological polar surface area (TPSA) is 101 Å². The van der Waals surface area contributed by atoms with Crippen LogP contribution in [0, 0.1) is 5.92 Å². The summed E-state index contributed by atoms with van der Waals surface area (Å²) in [6.45, 7) is 3.52. The van der Waals surface area contributed by atoms with Crippen LogP contribution in [0.2, 0.25) is 0 Å². The Balaban J connectivity index is 2.79. The van der Waals surface area contributed by atoms with Crippen molar-refractivity contribution < 1.29 is 19.5 Å². The minimum absolute atomic E-state index is 0.00371. The Morgan fingerprint density at radius 3 is 2.69 bits per heavy atom. The van der Waals surface area contributed by atoms with Gasteiger partial charge in [0.15, 0.2) is 0 Å². The molecule has 0 spiro atoms. The fraction of sp³-hybridized carbons (Fsp3) is 0.500. The van der Waals surface area contributed by atoms with Gasteiger partial charge < -0.3 is 15.7 Å². The number of likely N-dealkylation sites (tertiary alicyclic amines) is 1. The summed E-state index contributed by atoms with van der Waals surface area (Å²) in [4.78, 5) is 34.6. The number of nitrogens with two attached hydrogens (primary N) is 1. The standard InChI is InChI=1S/C10H14N2O4/c1-2-3-7(10(15)16)12-5-6(9(11)14)4-8(12)13/h2,6-7H,1,3-5H2,(H2,11,14)(H,15,16)/t6?,7-/m0/s1. The highest BCUT2D eigenvalue weighted by molar-refractivity contribution is 5.91. The van der Waals surface area contributed by atoms with Crippen molar-refractivity contribution >= 4 is 17.8 Å². The van der Waals surface area contributed by atoms with Crippen molar-refractivity contribution in [2.45, 2.75) is 18.9 Å². The van der Waals surface area contributed by atoms with Crippen molar-refractivity contribution in [3.8, 4) is 0 Å². The molecule has 1 aliphatic rings. The number of hydrogen-bond acceptors (Lipinski definition) is 3. The Morgan fingerprint density at radius 2 is 2.31 bits per heavy atom. The molecule has 1 fully saturated rings. The van der Waals surface area contributed by atoms with Crippen LogP contribution < -0.4 is 5.73 Å². The van der Waals surface area contributed by atoms with E-state index >= 15 is 0 Å². The molecule has 2 amide bonds. The highest BCUT2D eigenvalue weighted by Crippen LogP contribution is 2.21. The van der Waals surface area contributed by atoms with Gasteiger partial charge in [-0.25, -0.2) is 4.79 Å². The van der Waals surface area contributed by atoms with Gasteiger partial charge in [0, 0.05) is 13.0 Å².